The van der Waals surface area contributed by atoms with Crippen LogP contribution in [-0.2, 0) is 4.79 Å². The number of nitrogens with zero attached hydrogens (tertiary/aromatic N) is 1. The highest BCUT2D eigenvalue weighted by Gasteiger charge is 2.48. The number of hydrogen-bond donors (Lipinski definition) is 1. The van der Waals surface area contributed by atoms with Gasteiger partial charge in [0.05, 0.1) is 0 Å². The topological polar surface area (TPSA) is 32.3 Å². The summed E-state index contributed by atoms with van der Waals surface area (Å²) in [6.07, 6.45) is 9.42. The highest BCUT2D eigenvalue weighted by atomic mass is 16.2. The summed E-state index contributed by atoms with van der Waals surface area (Å²) in [5.74, 6) is 3.86. The van der Waals surface area contributed by atoms with Gasteiger partial charge in [-0.1, -0.05) is 19.3 Å². The molecule has 18 heavy (non-hydrogen) atoms. The molecule has 4 fully saturated rings. The van der Waals surface area contributed by atoms with Crippen molar-refractivity contribution in [1.82, 2.24) is 10.4 Å². The van der Waals surface area contributed by atoms with Crippen LogP contribution in [0.4, 0.5) is 0 Å². The molecule has 1 aliphatic heterocycles. The summed E-state index contributed by atoms with van der Waals surface area (Å²) in [6.45, 7) is 2.25. The van der Waals surface area contributed by atoms with Crippen LogP contribution in [0.2, 0.25) is 0 Å². The molecular weight excluding hydrogens is 224 g/mol. The van der Waals surface area contributed by atoms with Crippen LogP contribution in [-0.4, -0.2) is 23.0 Å². The third-order valence-corrected chi connectivity index (χ3v) is 5.92. The lowest BCUT2D eigenvalue weighted by Crippen LogP contribution is -2.70. The fourth-order valence-corrected chi connectivity index (χ4v) is 4.62. The van der Waals surface area contributed by atoms with E-state index in [1.807, 2.05) is 5.01 Å². The molecule has 0 radical (unpaired) electrons. The molecule has 1 saturated heterocycles. The molecule has 1 amide bonds. The highest BCUT2D eigenvalue weighted by Crippen LogP contribution is 2.50. The van der Waals surface area contributed by atoms with Gasteiger partial charge in [0.15, 0.2) is 0 Å². The molecule has 5 atom stereocenters. The number of hydrogen-bond acceptors (Lipinski definition) is 2. The van der Waals surface area contributed by atoms with E-state index in [1.54, 1.807) is 0 Å². The van der Waals surface area contributed by atoms with Crippen LogP contribution in [0, 0.1) is 23.7 Å². The van der Waals surface area contributed by atoms with Crippen LogP contribution in [0.25, 0.3) is 0 Å². The summed E-state index contributed by atoms with van der Waals surface area (Å²) in [6, 6.07) is 0.571. The molecule has 3 nitrogen and oxygen atoms in total. The third kappa shape index (κ3) is 1.70. The van der Waals surface area contributed by atoms with Crippen molar-refractivity contribution < 1.29 is 4.79 Å². The molecule has 3 heteroatoms. The van der Waals surface area contributed by atoms with Gasteiger partial charge >= 0.3 is 0 Å². The van der Waals surface area contributed by atoms with E-state index in [0.29, 0.717) is 11.9 Å². The standard InChI is InChI=1S/C15H24N2O/c1-9(13-7-11-4-5-12(13)6-11)17-15(18)14(16-17)8-10-2-3-10/h9-14,16H,2-8H2,1H3. The van der Waals surface area contributed by atoms with Crippen molar-refractivity contribution in [2.24, 2.45) is 23.7 Å². The molecule has 3 aliphatic carbocycles. The zero-order valence-corrected chi connectivity index (χ0v) is 11.3. The van der Waals surface area contributed by atoms with Crippen LogP contribution < -0.4 is 5.43 Å². The molecule has 0 aromatic heterocycles. The molecule has 0 aromatic rings. The molecule has 3 saturated carbocycles. The van der Waals surface area contributed by atoms with Crippen molar-refractivity contribution in [3.63, 3.8) is 0 Å². The van der Waals surface area contributed by atoms with Crippen LogP contribution in [0.15, 0.2) is 0 Å². The molecule has 2 bridgehead atoms. The first-order valence-corrected chi connectivity index (χ1v) is 7.81. The highest BCUT2D eigenvalue weighted by molar-refractivity contribution is 5.86. The van der Waals surface area contributed by atoms with Crippen LogP contribution >= 0.6 is 0 Å². The zero-order valence-electron chi connectivity index (χ0n) is 11.3. The van der Waals surface area contributed by atoms with Crippen LogP contribution in [0.5, 0.6) is 0 Å². The van der Waals surface area contributed by atoms with E-state index in [0.717, 1.165) is 30.1 Å². The Labute approximate surface area is 109 Å². The van der Waals surface area contributed by atoms with Crippen LogP contribution in [0.3, 0.4) is 0 Å². The van der Waals surface area contributed by atoms with Gasteiger partial charge in [-0.25, -0.2) is 5.43 Å². The normalized spacial score (nSPS) is 44.3. The number of amides is 1. The maximum absolute atomic E-state index is 12.2. The summed E-state index contributed by atoms with van der Waals surface area (Å²) in [5.41, 5.74) is 3.42. The van der Waals surface area contributed by atoms with Gasteiger partial charge in [0.2, 0.25) is 0 Å². The predicted octanol–water partition coefficient (Wildman–Crippen LogP) is 2.33. The second-order valence-corrected chi connectivity index (χ2v) is 7.15. The van der Waals surface area contributed by atoms with E-state index in [2.05, 4.69) is 12.3 Å². The maximum atomic E-state index is 12.2. The molecule has 1 heterocycles. The molecule has 4 aliphatic rings. The Morgan fingerprint density at radius 1 is 1.28 bits per heavy atom. The van der Waals surface area contributed by atoms with Gasteiger partial charge in [0.1, 0.15) is 6.04 Å². The minimum atomic E-state index is 0.151. The molecular formula is C15H24N2O. The molecule has 0 spiro atoms. The number of carbonyl (C=O) groups is 1. The Balaban J connectivity index is 1.35. The zero-order chi connectivity index (χ0) is 12.3. The van der Waals surface area contributed by atoms with E-state index in [-0.39, 0.29) is 6.04 Å². The van der Waals surface area contributed by atoms with Gasteiger partial charge in [0.25, 0.3) is 5.91 Å². The van der Waals surface area contributed by atoms with Gasteiger partial charge in [0, 0.05) is 6.04 Å². The van der Waals surface area contributed by atoms with Gasteiger partial charge < -0.3 is 0 Å². The Morgan fingerprint density at radius 3 is 2.67 bits per heavy atom. The molecule has 0 aromatic carbocycles. The summed E-state index contributed by atoms with van der Waals surface area (Å²) in [7, 11) is 0. The quantitative estimate of drug-likeness (QED) is 0.828. The Bertz CT molecular complexity index is 366. The van der Waals surface area contributed by atoms with Gasteiger partial charge in [-0.3, -0.25) is 9.80 Å². The number of hydrazine groups is 1. The van der Waals surface area contributed by atoms with Crippen molar-refractivity contribution in [3.8, 4) is 0 Å². The third-order valence-electron chi connectivity index (χ3n) is 5.92. The summed E-state index contributed by atoms with van der Waals surface area (Å²) in [4.78, 5) is 12.2. The average Bonchev–Trinajstić information content (AvgIpc) is 2.95. The molecule has 4 rings (SSSR count). The van der Waals surface area contributed by atoms with Gasteiger partial charge in [-0.15, -0.1) is 0 Å². The van der Waals surface area contributed by atoms with E-state index >= 15 is 0 Å². The van der Waals surface area contributed by atoms with E-state index in [1.165, 1.54) is 38.5 Å². The lowest BCUT2D eigenvalue weighted by Gasteiger charge is -2.46. The fourth-order valence-electron chi connectivity index (χ4n) is 4.62. The number of carbonyl (C=O) groups excluding carboxylic acids is 1. The fraction of sp³-hybridized carbons (Fsp3) is 0.933. The van der Waals surface area contributed by atoms with E-state index in [4.69, 9.17) is 0 Å². The molecule has 1 N–H and O–H groups in total. The summed E-state index contributed by atoms with van der Waals surface area (Å²) >= 11 is 0. The van der Waals surface area contributed by atoms with Crippen LogP contribution in [0.1, 0.15) is 51.9 Å². The van der Waals surface area contributed by atoms with Gasteiger partial charge in [-0.05, 0) is 56.3 Å². The number of fused-ring (bicyclic) bond motifs is 2. The lowest BCUT2D eigenvalue weighted by atomic mass is 9.83. The van der Waals surface area contributed by atoms with E-state index < -0.39 is 0 Å². The minimum absolute atomic E-state index is 0.151. The summed E-state index contributed by atoms with van der Waals surface area (Å²) < 4.78 is 0. The summed E-state index contributed by atoms with van der Waals surface area (Å²) in [5, 5.41) is 1.96. The average molecular weight is 248 g/mol. The first-order chi connectivity index (χ1) is 8.72. The van der Waals surface area contributed by atoms with E-state index in [9.17, 15) is 4.79 Å². The first-order valence-electron chi connectivity index (χ1n) is 7.81. The second kappa shape index (κ2) is 3.96. The maximum Gasteiger partial charge on any atom is 0.255 e. The van der Waals surface area contributed by atoms with Crippen molar-refractivity contribution in [2.45, 2.75) is 64.0 Å². The molecule has 5 unspecified atom stereocenters. The molecule has 100 valence electrons. The second-order valence-electron chi connectivity index (χ2n) is 7.15. The first kappa shape index (κ1) is 11.3. The SMILES string of the molecule is CC(C1CC2CCC1C2)N1NC(CC2CC2)C1=O. The smallest absolute Gasteiger partial charge is 0.255 e. The van der Waals surface area contributed by atoms with Gasteiger partial charge in [-0.2, -0.15) is 0 Å². The minimum Gasteiger partial charge on any atom is -0.273 e. The van der Waals surface area contributed by atoms with Crippen molar-refractivity contribution in [2.75, 3.05) is 0 Å². The van der Waals surface area contributed by atoms with Crippen molar-refractivity contribution in [1.29, 1.82) is 0 Å². The van der Waals surface area contributed by atoms with Crippen molar-refractivity contribution in [3.05, 3.63) is 0 Å². The predicted molar refractivity (Wildman–Crippen MR) is 69.5 cm³/mol. The number of nitrogens with one attached hydrogen (secondary N) is 1. The lowest BCUT2D eigenvalue weighted by molar-refractivity contribution is -0.160. The Hall–Kier alpha value is -0.570. The largest absolute Gasteiger partial charge is 0.273 e. The number of rotatable bonds is 4. The Kier molecular flexibility index (Phi) is 2.48. The Morgan fingerprint density at radius 2 is 2.11 bits per heavy atom. The van der Waals surface area contributed by atoms with Crippen molar-refractivity contribution >= 4 is 5.91 Å². The monoisotopic (exact) mass is 248 g/mol.